The number of halogens is 1. The lowest BCUT2D eigenvalue weighted by atomic mass is 10.1. The molecule has 0 radical (unpaired) electrons. The summed E-state index contributed by atoms with van der Waals surface area (Å²) < 4.78 is 5.65. The third-order valence-electron chi connectivity index (χ3n) is 3.81. The van der Waals surface area contributed by atoms with Crippen LogP contribution in [-0.4, -0.2) is 71.4 Å². The molecule has 7 nitrogen and oxygen atoms in total. The zero-order chi connectivity index (χ0) is 14.8. The zero-order valence-electron chi connectivity index (χ0n) is 11.5. The Morgan fingerprint density at radius 2 is 2.10 bits per heavy atom. The number of carboxylic acids is 1. The van der Waals surface area contributed by atoms with Gasteiger partial charge in [-0.2, -0.15) is 0 Å². The summed E-state index contributed by atoms with van der Waals surface area (Å²) in [6.45, 7) is 3.35. The topological polar surface area (TPSA) is 78.8 Å². The Balaban J connectivity index is 1.80. The summed E-state index contributed by atoms with van der Waals surface area (Å²) in [6.07, 6.45) is 3.16. The van der Waals surface area contributed by atoms with Crippen LogP contribution in [0.3, 0.4) is 0 Å². The molecule has 2 aliphatic rings. The SMILES string of the molecule is O=C(O)CN1C[C@H]2COC[C@@H]1CN(c1ncc(Cl)cn1)C2. The van der Waals surface area contributed by atoms with Crippen LogP contribution in [-0.2, 0) is 9.53 Å². The first-order valence-electron chi connectivity index (χ1n) is 6.88. The van der Waals surface area contributed by atoms with Gasteiger partial charge in [0.15, 0.2) is 0 Å². The number of rotatable bonds is 3. The van der Waals surface area contributed by atoms with Gasteiger partial charge >= 0.3 is 5.97 Å². The lowest BCUT2D eigenvalue weighted by Crippen LogP contribution is -2.46. The molecule has 0 aromatic carbocycles. The highest BCUT2D eigenvalue weighted by Gasteiger charge is 2.34. The summed E-state index contributed by atoms with van der Waals surface area (Å²) in [5, 5.41) is 9.56. The van der Waals surface area contributed by atoms with E-state index in [0.29, 0.717) is 30.7 Å². The molecular weight excluding hydrogens is 296 g/mol. The van der Waals surface area contributed by atoms with Crippen molar-refractivity contribution < 1.29 is 14.6 Å². The number of carbonyl (C=O) groups is 1. The Morgan fingerprint density at radius 3 is 2.81 bits per heavy atom. The first-order chi connectivity index (χ1) is 10.1. The van der Waals surface area contributed by atoms with E-state index in [1.54, 1.807) is 12.4 Å². The van der Waals surface area contributed by atoms with Crippen molar-refractivity contribution in [3.63, 3.8) is 0 Å². The number of aromatic nitrogens is 2. The van der Waals surface area contributed by atoms with E-state index in [1.807, 2.05) is 4.90 Å². The average Bonchev–Trinajstić information content (AvgIpc) is 2.68. The Morgan fingerprint density at radius 1 is 1.33 bits per heavy atom. The van der Waals surface area contributed by atoms with Gasteiger partial charge in [0.1, 0.15) is 0 Å². The normalized spacial score (nSPS) is 26.4. The van der Waals surface area contributed by atoms with E-state index in [0.717, 1.165) is 13.1 Å². The summed E-state index contributed by atoms with van der Waals surface area (Å²) in [6, 6.07) is 0.0351. The molecule has 114 valence electrons. The van der Waals surface area contributed by atoms with Crippen LogP contribution in [0, 0.1) is 5.92 Å². The lowest BCUT2D eigenvalue weighted by molar-refractivity contribution is -0.138. The number of carboxylic acid groups (broad SMARTS) is 1. The second kappa shape index (κ2) is 6.13. The molecule has 0 saturated carbocycles. The number of hydrogen-bond acceptors (Lipinski definition) is 6. The van der Waals surface area contributed by atoms with Crippen molar-refractivity contribution >= 4 is 23.5 Å². The van der Waals surface area contributed by atoms with E-state index in [4.69, 9.17) is 21.4 Å². The van der Waals surface area contributed by atoms with Gasteiger partial charge in [0.25, 0.3) is 0 Å². The van der Waals surface area contributed by atoms with E-state index in [-0.39, 0.29) is 18.5 Å². The van der Waals surface area contributed by atoms with Gasteiger partial charge in [-0.15, -0.1) is 0 Å². The van der Waals surface area contributed by atoms with Crippen molar-refractivity contribution in [2.24, 2.45) is 5.92 Å². The fourth-order valence-electron chi connectivity index (χ4n) is 2.93. The molecular formula is C13H17ClN4O3. The van der Waals surface area contributed by atoms with Crippen molar-refractivity contribution in [3.8, 4) is 0 Å². The molecule has 1 N–H and O–H groups in total. The molecule has 2 bridgehead atoms. The van der Waals surface area contributed by atoms with Gasteiger partial charge in [0.2, 0.25) is 5.95 Å². The predicted molar refractivity (Wildman–Crippen MR) is 76.6 cm³/mol. The van der Waals surface area contributed by atoms with Crippen molar-refractivity contribution in [2.75, 3.05) is 44.3 Å². The van der Waals surface area contributed by atoms with Crippen LogP contribution in [0.15, 0.2) is 12.4 Å². The molecule has 21 heavy (non-hydrogen) atoms. The number of ether oxygens (including phenoxy) is 1. The van der Waals surface area contributed by atoms with E-state index in [9.17, 15) is 4.79 Å². The second-order valence-electron chi connectivity index (χ2n) is 5.49. The van der Waals surface area contributed by atoms with E-state index < -0.39 is 5.97 Å². The summed E-state index contributed by atoms with van der Waals surface area (Å²) >= 11 is 5.82. The summed E-state index contributed by atoms with van der Waals surface area (Å²) in [5.41, 5.74) is 0. The fraction of sp³-hybridized carbons (Fsp3) is 0.615. The number of anilines is 1. The molecule has 0 aliphatic carbocycles. The van der Waals surface area contributed by atoms with Crippen LogP contribution in [0.1, 0.15) is 0 Å². The molecule has 2 saturated heterocycles. The summed E-state index contributed by atoms with van der Waals surface area (Å²) in [4.78, 5) is 23.6. The van der Waals surface area contributed by atoms with Gasteiger partial charge in [-0.1, -0.05) is 11.6 Å². The number of hydrogen-bond donors (Lipinski definition) is 1. The van der Waals surface area contributed by atoms with Crippen LogP contribution < -0.4 is 4.90 Å². The highest BCUT2D eigenvalue weighted by Crippen LogP contribution is 2.22. The fourth-order valence-corrected chi connectivity index (χ4v) is 3.03. The number of fused-ring (bicyclic) bond motifs is 3. The minimum absolute atomic E-state index is 0.0351. The quantitative estimate of drug-likeness (QED) is 0.863. The van der Waals surface area contributed by atoms with E-state index in [2.05, 4.69) is 14.9 Å². The predicted octanol–water partition coefficient (Wildman–Crippen LogP) is 0.352. The molecule has 1 aromatic heterocycles. The van der Waals surface area contributed by atoms with Crippen molar-refractivity contribution in [2.45, 2.75) is 6.04 Å². The van der Waals surface area contributed by atoms with Gasteiger partial charge in [0, 0.05) is 25.6 Å². The summed E-state index contributed by atoms with van der Waals surface area (Å²) in [5.74, 6) is 0.0708. The maximum atomic E-state index is 11.0. The molecule has 1 aromatic rings. The zero-order valence-corrected chi connectivity index (χ0v) is 12.2. The Kier molecular flexibility index (Phi) is 4.23. The molecule has 2 aliphatic heterocycles. The third-order valence-corrected chi connectivity index (χ3v) is 4.01. The number of nitrogens with zero attached hydrogens (tertiary/aromatic N) is 4. The van der Waals surface area contributed by atoms with Gasteiger partial charge in [0.05, 0.1) is 43.2 Å². The minimum atomic E-state index is -0.808. The standard InChI is InChI=1S/C13H17ClN4O3/c14-10-1-15-13(16-2-10)18-4-9-3-17(6-12(19)20)11(5-18)8-21-7-9/h1-2,9,11H,3-8H2,(H,19,20)/t9-,11+/m1/s1. The molecule has 2 fully saturated rings. The van der Waals surface area contributed by atoms with Crippen molar-refractivity contribution in [1.29, 1.82) is 0 Å². The third kappa shape index (κ3) is 3.42. The number of aliphatic carboxylic acids is 1. The average molecular weight is 313 g/mol. The first kappa shape index (κ1) is 14.5. The lowest BCUT2D eigenvalue weighted by Gasteiger charge is -2.30. The minimum Gasteiger partial charge on any atom is -0.480 e. The molecule has 0 spiro atoms. The maximum absolute atomic E-state index is 11.0. The first-order valence-corrected chi connectivity index (χ1v) is 7.25. The molecule has 3 rings (SSSR count). The van der Waals surface area contributed by atoms with Crippen LogP contribution in [0.5, 0.6) is 0 Å². The van der Waals surface area contributed by atoms with Crippen molar-refractivity contribution in [1.82, 2.24) is 14.9 Å². The van der Waals surface area contributed by atoms with Crippen molar-refractivity contribution in [3.05, 3.63) is 17.4 Å². The van der Waals surface area contributed by atoms with Crippen LogP contribution in [0.2, 0.25) is 5.02 Å². The highest BCUT2D eigenvalue weighted by molar-refractivity contribution is 6.30. The molecule has 0 unspecified atom stereocenters. The Hall–Kier alpha value is -1.44. The monoisotopic (exact) mass is 312 g/mol. The van der Waals surface area contributed by atoms with Crippen LogP contribution in [0.4, 0.5) is 5.95 Å². The smallest absolute Gasteiger partial charge is 0.317 e. The molecule has 2 atom stereocenters. The maximum Gasteiger partial charge on any atom is 0.317 e. The molecule has 3 heterocycles. The molecule has 0 amide bonds. The molecule has 8 heteroatoms. The van der Waals surface area contributed by atoms with Gasteiger partial charge in [-0.25, -0.2) is 9.97 Å². The Bertz CT molecular complexity index is 513. The van der Waals surface area contributed by atoms with E-state index >= 15 is 0 Å². The van der Waals surface area contributed by atoms with Crippen LogP contribution >= 0.6 is 11.6 Å². The van der Waals surface area contributed by atoms with Crippen LogP contribution in [0.25, 0.3) is 0 Å². The van der Waals surface area contributed by atoms with Gasteiger partial charge in [-0.05, 0) is 0 Å². The van der Waals surface area contributed by atoms with Gasteiger partial charge < -0.3 is 14.7 Å². The van der Waals surface area contributed by atoms with Gasteiger partial charge in [-0.3, -0.25) is 9.69 Å². The summed E-state index contributed by atoms with van der Waals surface area (Å²) in [7, 11) is 0. The Labute approximate surface area is 127 Å². The largest absolute Gasteiger partial charge is 0.480 e. The highest BCUT2D eigenvalue weighted by atomic mass is 35.5. The second-order valence-corrected chi connectivity index (χ2v) is 5.92. The van der Waals surface area contributed by atoms with E-state index in [1.165, 1.54) is 0 Å².